The van der Waals surface area contributed by atoms with Crippen LogP contribution in [0.3, 0.4) is 0 Å². The molecule has 1 N–H and O–H groups in total. The van der Waals surface area contributed by atoms with Crippen LogP contribution >= 0.6 is 0 Å². The second-order valence-electron chi connectivity index (χ2n) is 3.70. The highest BCUT2D eigenvalue weighted by Crippen LogP contribution is 2.27. The minimum absolute atomic E-state index is 0.00329. The molecule has 2 rings (SSSR count). The number of aromatic nitrogens is 2. The SMILES string of the molecule is CC(=O)N1CCCCC1c1noc(=O)[nH]1. The number of piperidine rings is 1. The Morgan fingerprint density at radius 2 is 2.40 bits per heavy atom. The van der Waals surface area contributed by atoms with E-state index >= 15 is 0 Å². The summed E-state index contributed by atoms with van der Waals surface area (Å²) in [6.45, 7) is 2.24. The molecule has 1 aromatic heterocycles. The maximum atomic E-state index is 11.4. The Morgan fingerprint density at radius 1 is 1.60 bits per heavy atom. The second-order valence-corrected chi connectivity index (χ2v) is 3.70. The Morgan fingerprint density at radius 3 is 3.00 bits per heavy atom. The summed E-state index contributed by atoms with van der Waals surface area (Å²) < 4.78 is 4.45. The highest BCUT2D eigenvalue weighted by atomic mass is 16.5. The minimum Gasteiger partial charge on any atom is -0.333 e. The van der Waals surface area contributed by atoms with Crippen LogP contribution in [-0.4, -0.2) is 27.5 Å². The van der Waals surface area contributed by atoms with Gasteiger partial charge in [-0.15, -0.1) is 0 Å². The zero-order valence-electron chi connectivity index (χ0n) is 8.52. The Bertz CT molecular complexity index is 409. The lowest BCUT2D eigenvalue weighted by atomic mass is 10.0. The topological polar surface area (TPSA) is 79.2 Å². The van der Waals surface area contributed by atoms with Crippen LogP contribution < -0.4 is 5.76 Å². The molecule has 1 fully saturated rings. The Kier molecular flexibility index (Phi) is 2.57. The summed E-state index contributed by atoms with van der Waals surface area (Å²) in [5.41, 5.74) is 0. The average molecular weight is 211 g/mol. The molecule has 6 heteroatoms. The highest BCUT2D eigenvalue weighted by Gasteiger charge is 2.28. The van der Waals surface area contributed by atoms with Gasteiger partial charge in [-0.05, 0) is 19.3 Å². The summed E-state index contributed by atoms with van der Waals surface area (Å²) in [6.07, 6.45) is 2.85. The third kappa shape index (κ3) is 1.93. The van der Waals surface area contributed by atoms with Crippen LogP contribution in [0, 0.1) is 0 Å². The van der Waals surface area contributed by atoms with E-state index in [1.807, 2.05) is 0 Å². The van der Waals surface area contributed by atoms with Crippen molar-refractivity contribution in [1.82, 2.24) is 15.0 Å². The third-order valence-electron chi connectivity index (χ3n) is 2.68. The summed E-state index contributed by atoms with van der Waals surface area (Å²) in [5, 5.41) is 3.64. The number of likely N-dealkylation sites (tertiary alicyclic amines) is 1. The van der Waals surface area contributed by atoms with Gasteiger partial charge < -0.3 is 4.90 Å². The molecule has 82 valence electrons. The van der Waals surface area contributed by atoms with Crippen LogP contribution in [0.4, 0.5) is 0 Å². The van der Waals surface area contributed by atoms with Crippen molar-refractivity contribution in [2.45, 2.75) is 32.2 Å². The van der Waals surface area contributed by atoms with Crippen LogP contribution in [0.2, 0.25) is 0 Å². The molecule has 1 atom stereocenters. The van der Waals surface area contributed by atoms with E-state index in [2.05, 4.69) is 14.7 Å². The zero-order chi connectivity index (χ0) is 10.8. The van der Waals surface area contributed by atoms with Gasteiger partial charge in [0, 0.05) is 13.5 Å². The number of hydrogen-bond acceptors (Lipinski definition) is 4. The molecule has 1 aliphatic heterocycles. The van der Waals surface area contributed by atoms with E-state index in [0.717, 1.165) is 25.8 Å². The molecule has 1 aliphatic rings. The van der Waals surface area contributed by atoms with E-state index in [4.69, 9.17) is 0 Å². The zero-order valence-corrected chi connectivity index (χ0v) is 8.52. The Hall–Kier alpha value is -1.59. The average Bonchev–Trinajstić information content (AvgIpc) is 2.65. The quantitative estimate of drug-likeness (QED) is 0.730. The summed E-state index contributed by atoms with van der Waals surface area (Å²) in [7, 11) is 0. The van der Waals surface area contributed by atoms with Crippen molar-refractivity contribution in [3.63, 3.8) is 0 Å². The molecule has 1 amide bonds. The standard InChI is InChI=1S/C9H13N3O3/c1-6(13)12-5-3-2-4-7(12)8-10-9(14)15-11-8/h7H,2-5H2,1H3,(H,10,11,14). The minimum atomic E-state index is -0.570. The lowest BCUT2D eigenvalue weighted by molar-refractivity contribution is -0.132. The molecule has 6 nitrogen and oxygen atoms in total. The Balaban J connectivity index is 2.25. The smallest absolute Gasteiger partial charge is 0.333 e. The van der Waals surface area contributed by atoms with Crippen LogP contribution in [-0.2, 0) is 4.79 Å². The molecule has 0 radical (unpaired) electrons. The molecular weight excluding hydrogens is 198 g/mol. The Labute approximate surface area is 86.2 Å². The number of aromatic amines is 1. The van der Waals surface area contributed by atoms with Gasteiger partial charge in [0.15, 0.2) is 5.82 Å². The predicted octanol–water partition coefficient (Wildman–Crippen LogP) is 0.436. The molecular formula is C9H13N3O3. The fourth-order valence-corrected chi connectivity index (χ4v) is 1.98. The fourth-order valence-electron chi connectivity index (χ4n) is 1.98. The molecule has 0 aromatic carbocycles. The first-order chi connectivity index (χ1) is 7.18. The lowest BCUT2D eigenvalue weighted by Gasteiger charge is -2.33. The molecule has 0 bridgehead atoms. The van der Waals surface area contributed by atoms with E-state index in [0.29, 0.717) is 5.82 Å². The second kappa shape index (κ2) is 3.88. The lowest BCUT2D eigenvalue weighted by Crippen LogP contribution is -2.37. The van der Waals surface area contributed by atoms with Crippen molar-refractivity contribution in [3.05, 3.63) is 16.4 Å². The maximum Gasteiger partial charge on any atom is 0.438 e. The largest absolute Gasteiger partial charge is 0.438 e. The molecule has 1 saturated heterocycles. The first-order valence-corrected chi connectivity index (χ1v) is 5.01. The van der Waals surface area contributed by atoms with Gasteiger partial charge in [-0.25, -0.2) is 4.79 Å². The molecule has 0 saturated carbocycles. The number of rotatable bonds is 1. The van der Waals surface area contributed by atoms with E-state index in [1.165, 1.54) is 6.92 Å². The van der Waals surface area contributed by atoms with Gasteiger partial charge in [0.05, 0.1) is 6.04 Å². The third-order valence-corrected chi connectivity index (χ3v) is 2.68. The van der Waals surface area contributed by atoms with E-state index in [1.54, 1.807) is 4.90 Å². The first-order valence-electron chi connectivity index (χ1n) is 5.01. The van der Waals surface area contributed by atoms with Crippen molar-refractivity contribution < 1.29 is 9.32 Å². The van der Waals surface area contributed by atoms with Crippen molar-refractivity contribution in [2.75, 3.05) is 6.54 Å². The van der Waals surface area contributed by atoms with Crippen molar-refractivity contribution in [3.8, 4) is 0 Å². The number of H-pyrrole nitrogens is 1. The number of carbonyl (C=O) groups excluding carboxylic acids is 1. The molecule has 0 spiro atoms. The van der Waals surface area contributed by atoms with Gasteiger partial charge in [0.1, 0.15) is 0 Å². The normalized spacial score (nSPS) is 21.7. The predicted molar refractivity (Wildman–Crippen MR) is 51.1 cm³/mol. The first kappa shape index (κ1) is 9.95. The van der Waals surface area contributed by atoms with Crippen LogP contribution in [0.25, 0.3) is 0 Å². The van der Waals surface area contributed by atoms with Gasteiger partial charge in [-0.2, -0.15) is 0 Å². The van der Waals surface area contributed by atoms with Gasteiger partial charge in [-0.1, -0.05) is 5.16 Å². The molecule has 2 heterocycles. The van der Waals surface area contributed by atoms with Gasteiger partial charge in [0.2, 0.25) is 5.91 Å². The molecule has 1 aromatic rings. The fraction of sp³-hybridized carbons (Fsp3) is 0.667. The summed E-state index contributed by atoms with van der Waals surface area (Å²) in [5.74, 6) is -0.113. The maximum absolute atomic E-state index is 11.4. The summed E-state index contributed by atoms with van der Waals surface area (Å²) >= 11 is 0. The van der Waals surface area contributed by atoms with E-state index in [-0.39, 0.29) is 11.9 Å². The number of hydrogen-bond donors (Lipinski definition) is 1. The van der Waals surface area contributed by atoms with Crippen molar-refractivity contribution >= 4 is 5.91 Å². The van der Waals surface area contributed by atoms with E-state index in [9.17, 15) is 9.59 Å². The number of nitrogens with one attached hydrogen (secondary N) is 1. The van der Waals surface area contributed by atoms with Crippen LogP contribution in [0.1, 0.15) is 38.1 Å². The van der Waals surface area contributed by atoms with Crippen molar-refractivity contribution in [2.24, 2.45) is 0 Å². The summed E-state index contributed by atoms with van der Waals surface area (Å²) in [4.78, 5) is 26.4. The van der Waals surface area contributed by atoms with Gasteiger partial charge in [0.25, 0.3) is 0 Å². The molecule has 0 aliphatic carbocycles. The van der Waals surface area contributed by atoms with Gasteiger partial charge >= 0.3 is 5.76 Å². The van der Waals surface area contributed by atoms with Gasteiger partial charge in [-0.3, -0.25) is 14.3 Å². The molecule has 1 unspecified atom stereocenters. The number of carbonyl (C=O) groups is 1. The molecule has 15 heavy (non-hydrogen) atoms. The monoisotopic (exact) mass is 211 g/mol. The van der Waals surface area contributed by atoms with Crippen molar-refractivity contribution in [1.29, 1.82) is 0 Å². The van der Waals surface area contributed by atoms with Crippen LogP contribution in [0.15, 0.2) is 9.32 Å². The highest BCUT2D eigenvalue weighted by molar-refractivity contribution is 5.73. The number of amides is 1. The van der Waals surface area contributed by atoms with E-state index < -0.39 is 5.76 Å². The van der Waals surface area contributed by atoms with Crippen LogP contribution in [0.5, 0.6) is 0 Å². The number of nitrogens with zero attached hydrogens (tertiary/aromatic N) is 2. The summed E-state index contributed by atoms with van der Waals surface area (Å²) in [6, 6.07) is -0.136.